The molecular weight excluding hydrogens is 476 g/mol. The highest BCUT2D eigenvalue weighted by molar-refractivity contribution is 9.10. The Morgan fingerprint density at radius 3 is 2.19 bits per heavy atom. The van der Waals surface area contributed by atoms with E-state index in [4.69, 9.17) is 24.4 Å². The van der Waals surface area contributed by atoms with Crippen LogP contribution in [0.2, 0.25) is 0 Å². The van der Waals surface area contributed by atoms with Crippen LogP contribution >= 0.6 is 15.9 Å². The molecular formula is C20H19BrN2O8. The summed E-state index contributed by atoms with van der Waals surface area (Å²) in [5.74, 6) is -2.31. The number of carboxylic acids is 2. The lowest BCUT2D eigenvalue weighted by molar-refractivity contribution is -0.140. The van der Waals surface area contributed by atoms with E-state index in [-0.39, 0.29) is 18.1 Å². The van der Waals surface area contributed by atoms with Crippen LogP contribution in [0.4, 0.5) is 0 Å². The molecule has 31 heavy (non-hydrogen) atoms. The first-order valence-electron chi connectivity index (χ1n) is 8.78. The first-order valence-corrected chi connectivity index (χ1v) is 9.58. The molecule has 0 saturated carbocycles. The summed E-state index contributed by atoms with van der Waals surface area (Å²) in [6, 6.07) is 9.78. The predicted octanol–water partition coefficient (Wildman–Crippen LogP) is 2.21. The molecule has 0 bridgehead atoms. The van der Waals surface area contributed by atoms with E-state index in [1.54, 1.807) is 6.07 Å². The Labute approximate surface area is 185 Å². The SMILES string of the molecule is Cc1ccc(OCC(=O)N/N=C\c2ccc(OCC(=O)O)c(OCC(=O)O)c2)c(Br)c1. The number of carbonyl (C=O) groups excluding carboxylic acids is 1. The molecule has 0 aliphatic heterocycles. The van der Waals surface area contributed by atoms with Crippen LogP contribution in [0.15, 0.2) is 46.0 Å². The lowest BCUT2D eigenvalue weighted by atomic mass is 10.2. The van der Waals surface area contributed by atoms with E-state index in [0.717, 1.165) is 10.0 Å². The number of nitrogens with zero attached hydrogens (tertiary/aromatic N) is 1. The maximum absolute atomic E-state index is 11.9. The van der Waals surface area contributed by atoms with Crippen molar-refractivity contribution < 1.29 is 38.8 Å². The van der Waals surface area contributed by atoms with Crippen molar-refractivity contribution in [2.24, 2.45) is 5.10 Å². The molecule has 2 aromatic rings. The number of carbonyl (C=O) groups is 3. The van der Waals surface area contributed by atoms with E-state index in [1.807, 2.05) is 19.1 Å². The molecule has 0 aromatic heterocycles. The molecule has 2 rings (SSSR count). The molecule has 11 heteroatoms. The number of amides is 1. The standard InChI is InChI=1S/C20H19BrN2O8/c1-12-2-4-15(14(21)6-12)29-9-18(24)23-22-8-13-3-5-16(30-10-19(25)26)17(7-13)31-11-20(27)28/h2-8H,9-11H2,1H3,(H,23,24)(H,25,26)(H,27,28)/b22-8-. The second kappa shape index (κ2) is 11.6. The van der Waals surface area contributed by atoms with Crippen LogP contribution in [0.3, 0.4) is 0 Å². The van der Waals surface area contributed by atoms with Crippen LogP contribution in [0.25, 0.3) is 0 Å². The highest BCUT2D eigenvalue weighted by atomic mass is 79.9. The summed E-state index contributed by atoms with van der Waals surface area (Å²) >= 11 is 3.36. The van der Waals surface area contributed by atoms with Crippen molar-refractivity contribution in [2.45, 2.75) is 6.92 Å². The van der Waals surface area contributed by atoms with Gasteiger partial charge in [-0.3, -0.25) is 4.79 Å². The zero-order valence-electron chi connectivity index (χ0n) is 16.3. The Hall–Kier alpha value is -3.60. The van der Waals surface area contributed by atoms with Crippen LogP contribution < -0.4 is 19.6 Å². The Balaban J connectivity index is 1.96. The topological polar surface area (TPSA) is 144 Å². The van der Waals surface area contributed by atoms with Gasteiger partial charge in [-0.15, -0.1) is 0 Å². The van der Waals surface area contributed by atoms with E-state index in [2.05, 4.69) is 26.5 Å². The normalized spacial score (nSPS) is 10.5. The minimum atomic E-state index is -1.21. The first-order chi connectivity index (χ1) is 14.7. The fourth-order valence-electron chi connectivity index (χ4n) is 2.19. The van der Waals surface area contributed by atoms with Gasteiger partial charge in [0.25, 0.3) is 5.91 Å². The number of nitrogens with one attached hydrogen (secondary N) is 1. The summed E-state index contributed by atoms with van der Waals surface area (Å²) in [6.45, 7) is 0.406. The summed E-state index contributed by atoms with van der Waals surface area (Å²) in [5.41, 5.74) is 3.79. The monoisotopic (exact) mass is 494 g/mol. The minimum Gasteiger partial charge on any atom is -0.483 e. The highest BCUT2D eigenvalue weighted by Gasteiger charge is 2.10. The Kier molecular flexibility index (Phi) is 8.82. The number of hydrazone groups is 1. The molecule has 1 amide bonds. The molecule has 0 aliphatic carbocycles. The third kappa shape index (κ3) is 8.34. The predicted molar refractivity (Wildman–Crippen MR) is 113 cm³/mol. The number of aliphatic carboxylic acids is 2. The number of rotatable bonds is 11. The molecule has 0 atom stereocenters. The average Bonchev–Trinajstić information content (AvgIpc) is 2.70. The minimum absolute atomic E-state index is 0.0199. The lowest BCUT2D eigenvalue weighted by Crippen LogP contribution is -2.24. The van der Waals surface area contributed by atoms with Crippen molar-refractivity contribution in [3.05, 3.63) is 52.0 Å². The van der Waals surface area contributed by atoms with Gasteiger partial charge in [-0.05, 0) is 64.3 Å². The van der Waals surface area contributed by atoms with Gasteiger partial charge in [-0.2, -0.15) is 5.10 Å². The molecule has 2 aromatic carbocycles. The lowest BCUT2D eigenvalue weighted by Gasteiger charge is -2.11. The zero-order valence-corrected chi connectivity index (χ0v) is 17.9. The smallest absolute Gasteiger partial charge is 0.341 e. The van der Waals surface area contributed by atoms with Gasteiger partial charge < -0.3 is 24.4 Å². The van der Waals surface area contributed by atoms with E-state index in [1.165, 1.54) is 24.4 Å². The molecule has 0 fully saturated rings. The van der Waals surface area contributed by atoms with Gasteiger partial charge in [0.15, 0.2) is 31.3 Å². The fourth-order valence-corrected chi connectivity index (χ4v) is 2.80. The quantitative estimate of drug-likeness (QED) is 0.318. The molecule has 10 nitrogen and oxygen atoms in total. The second-order valence-corrected chi connectivity index (χ2v) is 6.94. The first kappa shape index (κ1) is 23.7. The molecule has 0 unspecified atom stereocenters. The molecule has 3 N–H and O–H groups in total. The Morgan fingerprint density at radius 2 is 1.55 bits per heavy atom. The molecule has 0 aliphatic rings. The fraction of sp³-hybridized carbons (Fsp3) is 0.200. The van der Waals surface area contributed by atoms with E-state index in [9.17, 15) is 14.4 Å². The molecule has 0 saturated heterocycles. The van der Waals surface area contributed by atoms with Crippen molar-refractivity contribution in [1.82, 2.24) is 5.43 Å². The van der Waals surface area contributed by atoms with Crippen molar-refractivity contribution in [1.29, 1.82) is 0 Å². The van der Waals surface area contributed by atoms with Crippen molar-refractivity contribution in [3.63, 3.8) is 0 Å². The number of hydrogen-bond acceptors (Lipinski definition) is 7. The average molecular weight is 495 g/mol. The van der Waals surface area contributed by atoms with Gasteiger partial charge in [0.2, 0.25) is 0 Å². The Bertz CT molecular complexity index is 993. The maximum atomic E-state index is 11.9. The Morgan fingerprint density at radius 1 is 0.935 bits per heavy atom. The van der Waals surface area contributed by atoms with Gasteiger partial charge in [0.05, 0.1) is 10.7 Å². The molecule has 0 radical (unpaired) electrons. The zero-order chi connectivity index (χ0) is 22.8. The summed E-state index contributed by atoms with van der Waals surface area (Å²) in [5, 5.41) is 21.3. The van der Waals surface area contributed by atoms with Crippen LogP contribution in [-0.4, -0.2) is 54.1 Å². The number of ether oxygens (including phenoxy) is 3. The highest BCUT2D eigenvalue weighted by Crippen LogP contribution is 2.28. The van der Waals surface area contributed by atoms with E-state index in [0.29, 0.717) is 11.3 Å². The van der Waals surface area contributed by atoms with Crippen molar-refractivity contribution >= 4 is 40.0 Å². The molecule has 0 heterocycles. The summed E-state index contributed by atoms with van der Waals surface area (Å²) in [7, 11) is 0. The van der Waals surface area contributed by atoms with Crippen molar-refractivity contribution in [2.75, 3.05) is 19.8 Å². The van der Waals surface area contributed by atoms with E-state index < -0.39 is 31.1 Å². The number of carboxylic acid groups (broad SMARTS) is 2. The summed E-state index contributed by atoms with van der Waals surface area (Å²) in [6.07, 6.45) is 1.30. The van der Waals surface area contributed by atoms with E-state index >= 15 is 0 Å². The van der Waals surface area contributed by atoms with Gasteiger partial charge in [-0.25, -0.2) is 15.0 Å². The molecule has 0 spiro atoms. The van der Waals surface area contributed by atoms with Gasteiger partial charge >= 0.3 is 11.9 Å². The second-order valence-electron chi connectivity index (χ2n) is 6.09. The largest absolute Gasteiger partial charge is 0.483 e. The van der Waals surface area contributed by atoms with Gasteiger partial charge in [0.1, 0.15) is 5.75 Å². The van der Waals surface area contributed by atoms with Crippen LogP contribution in [0, 0.1) is 6.92 Å². The van der Waals surface area contributed by atoms with Crippen LogP contribution in [0.1, 0.15) is 11.1 Å². The molecule has 164 valence electrons. The summed E-state index contributed by atoms with van der Waals surface area (Å²) in [4.78, 5) is 33.3. The van der Waals surface area contributed by atoms with Crippen LogP contribution in [0.5, 0.6) is 17.2 Å². The van der Waals surface area contributed by atoms with Crippen molar-refractivity contribution in [3.8, 4) is 17.2 Å². The number of benzene rings is 2. The third-order valence-electron chi connectivity index (χ3n) is 3.52. The number of hydrogen-bond donors (Lipinski definition) is 3. The number of halogens is 1. The van der Waals surface area contributed by atoms with Gasteiger partial charge in [-0.1, -0.05) is 6.07 Å². The number of aryl methyl sites for hydroxylation is 1. The van der Waals surface area contributed by atoms with Crippen LogP contribution in [-0.2, 0) is 14.4 Å². The maximum Gasteiger partial charge on any atom is 0.341 e. The van der Waals surface area contributed by atoms with Gasteiger partial charge in [0, 0.05) is 0 Å². The third-order valence-corrected chi connectivity index (χ3v) is 4.14. The summed E-state index contributed by atoms with van der Waals surface area (Å²) < 4.78 is 16.3.